The quantitative estimate of drug-likeness (QED) is 0.834. The minimum Gasteiger partial charge on any atom is -0.394 e. The second-order valence-electron chi connectivity index (χ2n) is 4.44. The summed E-state index contributed by atoms with van der Waals surface area (Å²) < 4.78 is 0. The largest absolute Gasteiger partial charge is 0.394 e. The average Bonchev–Trinajstić information content (AvgIpc) is 2.37. The summed E-state index contributed by atoms with van der Waals surface area (Å²) in [5.41, 5.74) is 2.09. The molecule has 2 N–H and O–H groups in total. The van der Waals surface area contributed by atoms with Crippen molar-refractivity contribution in [2.45, 2.75) is 39.2 Å². The highest BCUT2D eigenvalue weighted by molar-refractivity contribution is 6.31. The molecule has 1 amide bonds. The Labute approximate surface area is 113 Å². The number of amides is 1. The number of aliphatic hydroxyl groups is 1. The first-order chi connectivity index (χ1) is 8.56. The van der Waals surface area contributed by atoms with Crippen LogP contribution in [0.4, 0.5) is 0 Å². The van der Waals surface area contributed by atoms with Crippen LogP contribution in [0.3, 0.4) is 0 Å². The Bertz CT molecular complexity index is 403. The number of hydrogen-bond donors (Lipinski definition) is 2. The van der Waals surface area contributed by atoms with E-state index in [1.54, 1.807) is 0 Å². The van der Waals surface area contributed by atoms with Crippen LogP contribution in [0.15, 0.2) is 18.2 Å². The number of aryl methyl sites for hydroxylation is 2. The first-order valence-corrected chi connectivity index (χ1v) is 6.59. The van der Waals surface area contributed by atoms with Crippen LogP contribution in [0.25, 0.3) is 0 Å². The predicted molar refractivity (Wildman–Crippen MR) is 73.8 cm³/mol. The lowest BCUT2D eigenvalue weighted by Gasteiger charge is -2.13. The molecule has 1 aromatic carbocycles. The molecule has 0 aliphatic heterocycles. The fraction of sp³-hybridized carbons (Fsp3) is 0.500. The molecule has 0 saturated heterocycles. The molecule has 0 radical (unpaired) electrons. The second kappa shape index (κ2) is 7.39. The normalized spacial score (nSPS) is 12.2. The van der Waals surface area contributed by atoms with Crippen molar-refractivity contribution in [2.75, 3.05) is 6.61 Å². The maximum atomic E-state index is 11.6. The standard InChI is InChI=1S/C14H20ClNO2/c1-3-12(9-17)16-14(18)7-6-11-5-4-10(2)13(15)8-11/h4-5,8,12,17H,3,6-7,9H2,1-2H3,(H,16,18)/t12-/m0/s1. The van der Waals surface area contributed by atoms with Gasteiger partial charge >= 0.3 is 0 Å². The van der Waals surface area contributed by atoms with Gasteiger partial charge in [-0.3, -0.25) is 4.79 Å². The van der Waals surface area contributed by atoms with Crippen molar-refractivity contribution in [2.24, 2.45) is 0 Å². The molecule has 18 heavy (non-hydrogen) atoms. The van der Waals surface area contributed by atoms with Crippen molar-refractivity contribution in [3.05, 3.63) is 34.3 Å². The fourth-order valence-corrected chi connectivity index (χ4v) is 1.83. The fourth-order valence-electron chi connectivity index (χ4n) is 1.63. The number of carbonyl (C=O) groups excluding carboxylic acids is 1. The van der Waals surface area contributed by atoms with Crippen molar-refractivity contribution in [1.29, 1.82) is 0 Å². The lowest BCUT2D eigenvalue weighted by Crippen LogP contribution is -2.37. The maximum Gasteiger partial charge on any atom is 0.220 e. The molecule has 1 rings (SSSR count). The number of rotatable bonds is 6. The predicted octanol–water partition coefficient (Wildman–Crippen LogP) is 2.47. The Balaban J connectivity index is 2.44. The molecule has 4 heteroatoms. The molecule has 1 atom stereocenters. The molecule has 0 spiro atoms. The molecule has 0 heterocycles. The van der Waals surface area contributed by atoms with Crippen LogP contribution >= 0.6 is 11.6 Å². The topological polar surface area (TPSA) is 49.3 Å². The molecule has 100 valence electrons. The molecule has 0 aromatic heterocycles. The van der Waals surface area contributed by atoms with E-state index in [-0.39, 0.29) is 18.6 Å². The smallest absolute Gasteiger partial charge is 0.220 e. The summed E-state index contributed by atoms with van der Waals surface area (Å²) in [4.78, 5) is 11.6. The first kappa shape index (κ1) is 15.0. The molecule has 0 bridgehead atoms. The Kier molecular flexibility index (Phi) is 6.16. The maximum absolute atomic E-state index is 11.6. The summed E-state index contributed by atoms with van der Waals surface area (Å²) in [6, 6.07) is 5.70. The van der Waals surface area contributed by atoms with Crippen molar-refractivity contribution in [3.8, 4) is 0 Å². The van der Waals surface area contributed by atoms with E-state index in [0.717, 1.165) is 22.6 Å². The number of hydrogen-bond acceptors (Lipinski definition) is 2. The third-order valence-electron chi connectivity index (χ3n) is 2.96. The van der Waals surface area contributed by atoms with Gasteiger partial charge in [0, 0.05) is 11.4 Å². The van der Waals surface area contributed by atoms with Gasteiger partial charge in [-0.05, 0) is 37.0 Å². The van der Waals surface area contributed by atoms with Gasteiger partial charge in [-0.25, -0.2) is 0 Å². The van der Waals surface area contributed by atoms with Gasteiger partial charge in [-0.1, -0.05) is 30.7 Å². The van der Waals surface area contributed by atoms with Gasteiger partial charge < -0.3 is 10.4 Å². The van der Waals surface area contributed by atoms with Gasteiger partial charge in [-0.15, -0.1) is 0 Å². The zero-order valence-corrected chi connectivity index (χ0v) is 11.6. The van der Waals surface area contributed by atoms with Gasteiger partial charge in [0.1, 0.15) is 0 Å². The zero-order valence-electron chi connectivity index (χ0n) is 10.9. The van der Waals surface area contributed by atoms with Crippen LogP contribution in [0.5, 0.6) is 0 Å². The Morgan fingerprint density at radius 3 is 2.78 bits per heavy atom. The van der Waals surface area contributed by atoms with Crippen LogP contribution in [-0.4, -0.2) is 23.7 Å². The van der Waals surface area contributed by atoms with E-state index < -0.39 is 0 Å². The monoisotopic (exact) mass is 269 g/mol. The highest BCUT2D eigenvalue weighted by Crippen LogP contribution is 2.17. The minimum absolute atomic E-state index is 0.0153. The van der Waals surface area contributed by atoms with E-state index >= 15 is 0 Å². The summed E-state index contributed by atoms with van der Waals surface area (Å²) >= 11 is 6.02. The summed E-state index contributed by atoms with van der Waals surface area (Å²) in [6.45, 7) is 3.87. The van der Waals surface area contributed by atoms with Gasteiger partial charge in [0.15, 0.2) is 0 Å². The lowest BCUT2D eigenvalue weighted by atomic mass is 10.1. The minimum atomic E-state index is -0.140. The van der Waals surface area contributed by atoms with Gasteiger partial charge in [0.25, 0.3) is 0 Å². The highest BCUT2D eigenvalue weighted by Gasteiger charge is 2.09. The van der Waals surface area contributed by atoms with E-state index in [0.29, 0.717) is 12.8 Å². The number of aliphatic hydroxyl groups excluding tert-OH is 1. The summed E-state index contributed by atoms with van der Waals surface area (Å²) in [6.07, 6.45) is 1.81. The molecule has 3 nitrogen and oxygen atoms in total. The van der Waals surface area contributed by atoms with Crippen LogP contribution in [0.1, 0.15) is 30.9 Å². The first-order valence-electron chi connectivity index (χ1n) is 6.22. The Morgan fingerprint density at radius 1 is 1.50 bits per heavy atom. The van der Waals surface area contributed by atoms with Gasteiger partial charge in [0.05, 0.1) is 12.6 Å². The van der Waals surface area contributed by atoms with Crippen LogP contribution in [0, 0.1) is 6.92 Å². The third-order valence-corrected chi connectivity index (χ3v) is 3.36. The summed E-state index contributed by atoms with van der Waals surface area (Å²) in [5, 5.41) is 12.5. The van der Waals surface area contributed by atoms with Crippen molar-refractivity contribution < 1.29 is 9.90 Å². The van der Waals surface area contributed by atoms with Crippen molar-refractivity contribution in [1.82, 2.24) is 5.32 Å². The summed E-state index contributed by atoms with van der Waals surface area (Å²) in [7, 11) is 0. The van der Waals surface area contributed by atoms with Gasteiger partial charge in [0.2, 0.25) is 5.91 Å². The Morgan fingerprint density at radius 2 is 2.22 bits per heavy atom. The molecular weight excluding hydrogens is 250 g/mol. The lowest BCUT2D eigenvalue weighted by molar-refractivity contribution is -0.122. The molecule has 0 fully saturated rings. The van der Waals surface area contributed by atoms with E-state index in [4.69, 9.17) is 16.7 Å². The molecular formula is C14H20ClNO2. The van der Waals surface area contributed by atoms with Crippen molar-refractivity contribution in [3.63, 3.8) is 0 Å². The highest BCUT2D eigenvalue weighted by atomic mass is 35.5. The molecule has 0 saturated carbocycles. The number of carbonyl (C=O) groups is 1. The summed E-state index contributed by atoms with van der Waals surface area (Å²) in [5.74, 6) is -0.0346. The van der Waals surface area contributed by atoms with E-state index in [1.165, 1.54) is 0 Å². The van der Waals surface area contributed by atoms with Crippen molar-refractivity contribution >= 4 is 17.5 Å². The molecule has 0 unspecified atom stereocenters. The van der Waals surface area contributed by atoms with Gasteiger partial charge in [-0.2, -0.15) is 0 Å². The average molecular weight is 270 g/mol. The molecule has 1 aromatic rings. The zero-order chi connectivity index (χ0) is 13.5. The number of halogens is 1. The number of nitrogens with one attached hydrogen (secondary N) is 1. The van der Waals surface area contributed by atoms with Crippen LogP contribution in [-0.2, 0) is 11.2 Å². The SMILES string of the molecule is CC[C@@H](CO)NC(=O)CCc1ccc(C)c(Cl)c1. The van der Waals surface area contributed by atoms with E-state index in [1.807, 2.05) is 32.0 Å². The molecule has 0 aliphatic rings. The molecule has 0 aliphatic carbocycles. The number of benzene rings is 1. The van der Waals surface area contributed by atoms with Crippen LogP contribution in [0.2, 0.25) is 5.02 Å². The van der Waals surface area contributed by atoms with E-state index in [2.05, 4.69) is 5.32 Å². The Hall–Kier alpha value is -1.06. The van der Waals surface area contributed by atoms with E-state index in [9.17, 15) is 4.79 Å². The van der Waals surface area contributed by atoms with Crippen LogP contribution < -0.4 is 5.32 Å². The third kappa shape index (κ3) is 4.67. The second-order valence-corrected chi connectivity index (χ2v) is 4.85.